The van der Waals surface area contributed by atoms with Crippen molar-refractivity contribution in [3.63, 3.8) is 0 Å². The van der Waals surface area contributed by atoms with Crippen LogP contribution in [0.15, 0.2) is 54.6 Å². The molecule has 2 N–H and O–H groups in total. The highest BCUT2D eigenvalue weighted by Gasteiger charge is 2.60. The number of rotatable bonds is 5. The lowest BCUT2D eigenvalue weighted by atomic mass is 9.84. The van der Waals surface area contributed by atoms with E-state index < -0.39 is 5.97 Å². The Kier molecular flexibility index (Phi) is 4.99. The van der Waals surface area contributed by atoms with E-state index in [1.165, 1.54) is 0 Å². The molecule has 7 nitrogen and oxygen atoms in total. The molecular formula is C22H21ClN2O5. The Morgan fingerprint density at radius 2 is 1.63 bits per heavy atom. The second-order valence-electron chi connectivity index (χ2n) is 7.80. The van der Waals surface area contributed by atoms with E-state index >= 15 is 0 Å². The summed E-state index contributed by atoms with van der Waals surface area (Å²) >= 11 is 5.88. The first-order valence-corrected chi connectivity index (χ1v) is 10.3. The molecular weight excluding hydrogens is 408 g/mol. The molecule has 8 heteroatoms. The van der Waals surface area contributed by atoms with Crippen LogP contribution in [0, 0.1) is 0 Å². The van der Waals surface area contributed by atoms with Crippen LogP contribution in [0.1, 0.15) is 29.6 Å². The zero-order chi connectivity index (χ0) is 20.7. The smallest absolute Gasteiger partial charge is 0.293 e. The number of hydrogen-bond acceptors (Lipinski definition) is 5. The molecule has 156 valence electrons. The summed E-state index contributed by atoms with van der Waals surface area (Å²) in [6.07, 6.45) is 0.605. The van der Waals surface area contributed by atoms with Gasteiger partial charge in [0.25, 0.3) is 11.9 Å². The highest BCUT2D eigenvalue weighted by molar-refractivity contribution is 6.30. The maximum Gasteiger partial charge on any atom is 0.293 e. The van der Waals surface area contributed by atoms with Gasteiger partial charge in [0, 0.05) is 29.1 Å². The summed E-state index contributed by atoms with van der Waals surface area (Å²) in [7, 11) is 0. The van der Waals surface area contributed by atoms with E-state index in [-0.39, 0.29) is 42.6 Å². The predicted octanol–water partition coefficient (Wildman–Crippen LogP) is 3.10. The maximum atomic E-state index is 12.6. The Bertz CT molecular complexity index is 936. The van der Waals surface area contributed by atoms with Crippen LogP contribution in [0.25, 0.3) is 0 Å². The highest BCUT2D eigenvalue weighted by atomic mass is 35.5. The number of ether oxygens (including phenoxy) is 3. The van der Waals surface area contributed by atoms with Crippen LogP contribution < -0.4 is 10.6 Å². The van der Waals surface area contributed by atoms with Crippen molar-refractivity contribution in [2.24, 2.45) is 0 Å². The third-order valence-electron chi connectivity index (χ3n) is 5.64. The van der Waals surface area contributed by atoms with Gasteiger partial charge in [0.05, 0.1) is 24.4 Å². The first kappa shape index (κ1) is 19.5. The minimum Gasteiger partial charge on any atom is -0.344 e. The molecule has 4 fully saturated rings. The molecule has 30 heavy (non-hydrogen) atoms. The number of carbonyl (C=O) groups is 2. The average molecular weight is 429 g/mol. The van der Waals surface area contributed by atoms with Crippen molar-refractivity contribution in [3.05, 3.63) is 65.2 Å². The molecule has 2 unspecified atom stereocenters. The van der Waals surface area contributed by atoms with E-state index in [1.807, 2.05) is 18.2 Å². The molecule has 0 aromatic heterocycles. The van der Waals surface area contributed by atoms with Crippen LogP contribution in [0.5, 0.6) is 0 Å². The molecule has 2 amide bonds. The second-order valence-corrected chi connectivity index (χ2v) is 8.24. The van der Waals surface area contributed by atoms with E-state index in [4.69, 9.17) is 25.8 Å². The standard InChI is InChI=1S/C22H21ClN2O5/c23-14-6-8-15(9-7-14)24-19(26)12-22-28-16-10-17(29-22)20(18(11-16)30-22)25-21(27)13-4-2-1-3-5-13/h1-9,16-18,20H,10-12H2,(H,24,26)(H,25,27). The van der Waals surface area contributed by atoms with E-state index in [0.717, 1.165) is 0 Å². The van der Waals surface area contributed by atoms with Gasteiger partial charge in [-0.05, 0) is 36.4 Å². The van der Waals surface area contributed by atoms with E-state index in [2.05, 4.69) is 10.6 Å². The Hall–Kier alpha value is -2.45. The number of nitrogens with one attached hydrogen (secondary N) is 2. The summed E-state index contributed by atoms with van der Waals surface area (Å²) in [6.45, 7) is 0. The monoisotopic (exact) mass is 428 g/mol. The van der Waals surface area contributed by atoms with Crippen LogP contribution in [0.4, 0.5) is 5.69 Å². The summed E-state index contributed by atoms with van der Waals surface area (Å²) < 4.78 is 18.0. The first-order valence-electron chi connectivity index (χ1n) is 9.94. The highest BCUT2D eigenvalue weighted by Crippen LogP contribution is 2.46. The lowest BCUT2D eigenvalue weighted by Gasteiger charge is -2.58. The fourth-order valence-corrected chi connectivity index (χ4v) is 4.48. The van der Waals surface area contributed by atoms with E-state index in [0.29, 0.717) is 29.1 Å². The Morgan fingerprint density at radius 3 is 2.30 bits per heavy atom. The molecule has 0 radical (unpaired) electrons. The van der Waals surface area contributed by atoms with Gasteiger partial charge in [-0.2, -0.15) is 0 Å². The molecule has 3 heterocycles. The molecule has 0 spiro atoms. The van der Waals surface area contributed by atoms with E-state index in [1.54, 1.807) is 36.4 Å². The molecule has 3 aliphatic heterocycles. The zero-order valence-corrected chi connectivity index (χ0v) is 16.8. The largest absolute Gasteiger partial charge is 0.344 e. The molecule has 2 aromatic rings. The number of halogens is 1. The second kappa shape index (κ2) is 7.67. The van der Waals surface area contributed by atoms with Crippen molar-refractivity contribution in [2.45, 2.75) is 49.6 Å². The quantitative estimate of drug-likeness (QED) is 0.764. The molecule has 4 aliphatic rings. The third-order valence-corrected chi connectivity index (χ3v) is 5.89. The van der Waals surface area contributed by atoms with Crippen molar-refractivity contribution in [2.75, 3.05) is 5.32 Å². The fourth-order valence-electron chi connectivity index (χ4n) is 4.35. The van der Waals surface area contributed by atoms with Gasteiger partial charge in [-0.25, -0.2) is 0 Å². The minimum atomic E-state index is -1.42. The molecule has 6 rings (SSSR count). The molecule has 3 saturated heterocycles. The van der Waals surface area contributed by atoms with Gasteiger partial charge in [-0.3, -0.25) is 9.59 Å². The molecule has 1 aliphatic carbocycles. The molecule has 1 saturated carbocycles. The molecule has 2 aromatic carbocycles. The molecule has 2 atom stereocenters. The van der Waals surface area contributed by atoms with Crippen molar-refractivity contribution in [1.82, 2.24) is 5.32 Å². The van der Waals surface area contributed by atoms with Crippen molar-refractivity contribution in [1.29, 1.82) is 0 Å². The Morgan fingerprint density at radius 1 is 0.967 bits per heavy atom. The van der Waals surface area contributed by atoms with Crippen LogP contribution in [0.2, 0.25) is 5.02 Å². The number of benzene rings is 2. The van der Waals surface area contributed by atoms with Crippen molar-refractivity contribution >= 4 is 29.1 Å². The minimum absolute atomic E-state index is 0.0595. The number of carbonyl (C=O) groups excluding carboxylic acids is 2. The van der Waals surface area contributed by atoms with Crippen molar-refractivity contribution in [3.8, 4) is 0 Å². The average Bonchev–Trinajstić information content (AvgIpc) is 2.72. The van der Waals surface area contributed by atoms with Gasteiger partial charge in [0.2, 0.25) is 5.91 Å². The predicted molar refractivity (Wildman–Crippen MR) is 109 cm³/mol. The van der Waals surface area contributed by atoms with Gasteiger partial charge < -0.3 is 24.8 Å². The number of hydrogen-bond donors (Lipinski definition) is 2. The lowest BCUT2D eigenvalue weighted by Crippen LogP contribution is -2.72. The van der Waals surface area contributed by atoms with Crippen LogP contribution >= 0.6 is 11.6 Å². The lowest BCUT2D eigenvalue weighted by molar-refractivity contribution is -0.496. The topological polar surface area (TPSA) is 85.9 Å². The fraction of sp³-hybridized carbons (Fsp3) is 0.364. The normalized spacial score (nSPS) is 31.4. The summed E-state index contributed by atoms with van der Waals surface area (Å²) in [5.41, 5.74) is 1.21. The number of amides is 2. The summed E-state index contributed by atoms with van der Waals surface area (Å²) in [5, 5.41) is 6.43. The summed E-state index contributed by atoms with van der Waals surface area (Å²) in [6, 6.07) is 15.6. The summed E-state index contributed by atoms with van der Waals surface area (Å²) in [4.78, 5) is 25.2. The first-order chi connectivity index (χ1) is 14.5. The van der Waals surface area contributed by atoms with E-state index in [9.17, 15) is 9.59 Å². The van der Waals surface area contributed by atoms with Gasteiger partial charge in [0.15, 0.2) is 0 Å². The van der Waals surface area contributed by atoms with Crippen LogP contribution in [-0.4, -0.2) is 42.1 Å². The van der Waals surface area contributed by atoms with Gasteiger partial charge in [0.1, 0.15) is 6.42 Å². The van der Waals surface area contributed by atoms with Gasteiger partial charge in [-0.15, -0.1) is 0 Å². The Labute approximate surface area is 178 Å². The van der Waals surface area contributed by atoms with Gasteiger partial charge >= 0.3 is 0 Å². The zero-order valence-electron chi connectivity index (χ0n) is 16.0. The summed E-state index contributed by atoms with van der Waals surface area (Å²) in [5.74, 6) is -1.87. The van der Waals surface area contributed by atoms with Crippen LogP contribution in [0.3, 0.4) is 0 Å². The van der Waals surface area contributed by atoms with Crippen molar-refractivity contribution < 1.29 is 23.8 Å². The number of anilines is 1. The van der Waals surface area contributed by atoms with Gasteiger partial charge in [-0.1, -0.05) is 29.8 Å². The SMILES string of the molecule is O=C(CC12OC3CC(O1)C(NC(=O)c1ccccc1)C(C3)O2)Nc1ccc(Cl)cc1. The Balaban J connectivity index is 1.25. The maximum absolute atomic E-state index is 12.6. The third kappa shape index (κ3) is 3.81. The molecule has 4 bridgehead atoms. The van der Waals surface area contributed by atoms with Crippen LogP contribution in [-0.2, 0) is 19.0 Å².